The molecule has 2 rings (SSSR count). The number of aryl methyl sites for hydroxylation is 1. The molecule has 0 saturated carbocycles. The first-order valence-corrected chi connectivity index (χ1v) is 6.38. The molecule has 116 valence electrons. The van der Waals surface area contributed by atoms with Gasteiger partial charge in [0.1, 0.15) is 12.4 Å². The van der Waals surface area contributed by atoms with Crippen molar-refractivity contribution < 1.29 is 23.2 Å². The summed E-state index contributed by atoms with van der Waals surface area (Å²) in [6, 6.07) is 10.6. The lowest BCUT2D eigenvalue weighted by molar-refractivity contribution is -0.386. The molecule has 0 amide bonds. The Hall–Kier alpha value is -2.70. The number of nitro benzene ring substituents is 1. The fraction of sp³-hybridized carbons (Fsp3) is 0.200. The number of hydrogen-bond acceptors (Lipinski definition) is 4. The third-order valence-electron chi connectivity index (χ3n) is 2.88. The van der Waals surface area contributed by atoms with Crippen LogP contribution in [0.2, 0.25) is 0 Å². The number of rotatable bonds is 6. The number of hydrogen-bond donors (Lipinski definition) is 0. The molecule has 0 unspecified atom stereocenters. The maximum atomic E-state index is 12.3. The van der Waals surface area contributed by atoms with Crippen LogP contribution in [0.25, 0.3) is 0 Å². The van der Waals surface area contributed by atoms with Gasteiger partial charge in [0.05, 0.1) is 4.92 Å². The van der Waals surface area contributed by atoms with E-state index in [0.29, 0.717) is 5.56 Å². The summed E-state index contributed by atoms with van der Waals surface area (Å²) in [5.41, 5.74) is 0.981. The van der Waals surface area contributed by atoms with Crippen LogP contribution < -0.4 is 9.47 Å². The van der Waals surface area contributed by atoms with Gasteiger partial charge in [-0.15, -0.1) is 0 Å². The third-order valence-corrected chi connectivity index (χ3v) is 2.88. The number of alkyl halides is 2. The first-order chi connectivity index (χ1) is 10.5. The number of para-hydroxylation sites is 1. The van der Waals surface area contributed by atoms with E-state index in [-0.39, 0.29) is 23.8 Å². The normalized spacial score (nSPS) is 10.5. The van der Waals surface area contributed by atoms with Crippen LogP contribution in [0.5, 0.6) is 11.5 Å². The van der Waals surface area contributed by atoms with Crippen LogP contribution in [0.4, 0.5) is 14.5 Å². The lowest BCUT2D eigenvalue weighted by atomic mass is 10.2. The van der Waals surface area contributed by atoms with Crippen LogP contribution in [0.3, 0.4) is 0 Å². The van der Waals surface area contributed by atoms with Crippen LogP contribution in [0, 0.1) is 17.0 Å². The van der Waals surface area contributed by atoms with Crippen molar-refractivity contribution in [1.82, 2.24) is 0 Å². The Balaban J connectivity index is 2.20. The molecule has 0 aromatic heterocycles. The zero-order valence-electron chi connectivity index (χ0n) is 11.7. The van der Waals surface area contributed by atoms with Crippen molar-refractivity contribution in [2.75, 3.05) is 0 Å². The first-order valence-electron chi connectivity index (χ1n) is 6.38. The second-order valence-electron chi connectivity index (χ2n) is 4.50. The van der Waals surface area contributed by atoms with Crippen LogP contribution in [0.1, 0.15) is 11.1 Å². The van der Waals surface area contributed by atoms with Gasteiger partial charge in [0.2, 0.25) is 0 Å². The maximum absolute atomic E-state index is 12.3. The Bertz CT molecular complexity index is 676. The average Bonchev–Trinajstić information content (AvgIpc) is 2.45. The fourth-order valence-corrected chi connectivity index (χ4v) is 1.88. The van der Waals surface area contributed by atoms with E-state index in [2.05, 4.69) is 4.74 Å². The number of nitro groups is 1. The van der Waals surface area contributed by atoms with Crippen molar-refractivity contribution in [2.45, 2.75) is 20.1 Å². The highest BCUT2D eigenvalue weighted by molar-refractivity contribution is 5.48. The van der Waals surface area contributed by atoms with Crippen molar-refractivity contribution in [3.63, 3.8) is 0 Å². The van der Waals surface area contributed by atoms with Gasteiger partial charge in [0.25, 0.3) is 0 Å². The molecule has 0 heterocycles. The number of ether oxygens (including phenoxy) is 2. The molecule has 0 radical (unpaired) electrons. The molecular weight excluding hydrogens is 296 g/mol. The molecule has 0 aliphatic rings. The predicted molar refractivity (Wildman–Crippen MR) is 75.2 cm³/mol. The number of benzene rings is 2. The summed E-state index contributed by atoms with van der Waals surface area (Å²) in [5.74, 6) is 0.0599. The highest BCUT2D eigenvalue weighted by atomic mass is 19.3. The summed E-state index contributed by atoms with van der Waals surface area (Å²) >= 11 is 0. The van der Waals surface area contributed by atoms with E-state index >= 15 is 0 Å². The molecule has 0 atom stereocenters. The molecular formula is C15H13F2NO4. The summed E-state index contributed by atoms with van der Waals surface area (Å²) in [6.45, 7) is -1.30. The van der Waals surface area contributed by atoms with E-state index in [1.807, 2.05) is 0 Å². The van der Waals surface area contributed by atoms with Gasteiger partial charge in [-0.3, -0.25) is 10.1 Å². The summed E-state index contributed by atoms with van der Waals surface area (Å²) in [7, 11) is 0. The van der Waals surface area contributed by atoms with E-state index in [1.165, 1.54) is 18.2 Å². The van der Waals surface area contributed by atoms with Crippen molar-refractivity contribution in [3.05, 3.63) is 63.7 Å². The standard InChI is InChI=1S/C15H13F2NO4/c1-10-6-7-12(18(19)20)14(8-10)21-9-11-4-2-3-5-13(11)22-15(16)17/h2-8,15H,9H2,1H3. The minimum atomic E-state index is -2.95. The summed E-state index contributed by atoms with van der Waals surface area (Å²) in [5, 5.41) is 11.0. The van der Waals surface area contributed by atoms with E-state index in [1.54, 1.807) is 31.2 Å². The van der Waals surface area contributed by atoms with Gasteiger partial charge < -0.3 is 9.47 Å². The molecule has 0 aliphatic heterocycles. The Morgan fingerprint density at radius 3 is 2.59 bits per heavy atom. The lowest BCUT2D eigenvalue weighted by Gasteiger charge is -2.12. The third kappa shape index (κ3) is 3.91. The molecule has 0 N–H and O–H groups in total. The van der Waals surface area contributed by atoms with Crippen molar-refractivity contribution >= 4 is 5.69 Å². The first kappa shape index (κ1) is 15.7. The Morgan fingerprint density at radius 2 is 1.91 bits per heavy atom. The predicted octanol–water partition coefficient (Wildman–Crippen LogP) is 4.08. The van der Waals surface area contributed by atoms with Crippen LogP contribution in [0.15, 0.2) is 42.5 Å². The topological polar surface area (TPSA) is 61.6 Å². The maximum Gasteiger partial charge on any atom is 0.387 e. The molecule has 0 spiro atoms. The molecule has 2 aromatic carbocycles. The van der Waals surface area contributed by atoms with Gasteiger partial charge in [0.15, 0.2) is 5.75 Å². The SMILES string of the molecule is Cc1ccc([N+](=O)[O-])c(OCc2ccccc2OC(F)F)c1. The van der Waals surface area contributed by atoms with E-state index in [0.717, 1.165) is 5.56 Å². The van der Waals surface area contributed by atoms with Crippen molar-refractivity contribution in [2.24, 2.45) is 0 Å². The van der Waals surface area contributed by atoms with Gasteiger partial charge in [-0.1, -0.05) is 24.3 Å². The minimum absolute atomic E-state index is 0.0205. The van der Waals surface area contributed by atoms with Gasteiger partial charge in [-0.25, -0.2) is 0 Å². The van der Waals surface area contributed by atoms with Gasteiger partial charge >= 0.3 is 12.3 Å². The second-order valence-corrected chi connectivity index (χ2v) is 4.50. The smallest absolute Gasteiger partial charge is 0.387 e. The highest BCUT2D eigenvalue weighted by Gasteiger charge is 2.16. The van der Waals surface area contributed by atoms with Gasteiger partial charge in [-0.2, -0.15) is 8.78 Å². The van der Waals surface area contributed by atoms with Crippen molar-refractivity contribution in [1.29, 1.82) is 0 Å². The molecule has 0 fully saturated rings. The summed E-state index contributed by atoms with van der Waals surface area (Å²) < 4.78 is 34.5. The minimum Gasteiger partial charge on any atom is -0.482 e. The quantitative estimate of drug-likeness (QED) is 0.596. The summed E-state index contributed by atoms with van der Waals surface area (Å²) in [4.78, 5) is 10.4. The van der Waals surface area contributed by atoms with E-state index < -0.39 is 11.5 Å². The molecule has 0 bridgehead atoms. The van der Waals surface area contributed by atoms with Crippen LogP contribution in [-0.2, 0) is 6.61 Å². The van der Waals surface area contributed by atoms with Crippen LogP contribution in [-0.4, -0.2) is 11.5 Å². The molecule has 5 nitrogen and oxygen atoms in total. The van der Waals surface area contributed by atoms with Gasteiger partial charge in [0, 0.05) is 11.6 Å². The van der Waals surface area contributed by atoms with Gasteiger partial charge in [-0.05, 0) is 24.6 Å². The Labute approximate surface area is 125 Å². The lowest BCUT2D eigenvalue weighted by Crippen LogP contribution is -2.06. The highest BCUT2D eigenvalue weighted by Crippen LogP contribution is 2.30. The van der Waals surface area contributed by atoms with Crippen molar-refractivity contribution in [3.8, 4) is 11.5 Å². The average molecular weight is 309 g/mol. The summed E-state index contributed by atoms with van der Waals surface area (Å²) in [6.07, 6.45) is 0. The number of nitrogens with zero attached hydrogens (tertiary/aromatic N) is 1. The molecule has 22 heavy (non-hydrogen) atoms. The monoisotopic (exact) mass is 309 g/mol. The number of halogens is 2. The Morgan fingerprint density at radius 1 is 1.18 bits per heavy atom. The zero-order chi connectivity index (χ0) is 16.1. The van der Waals surface area contributed by atoms with Crippen LogP contribution >= 0.6 is 0 Å². The fourth-order valence-electron chi connectivity index (χ4n) is 1.88. The van der Waals surface area contributed by atoms with E-state index in [4.69, 9.17) is 4.74 Å². The Kier molecular flexibility index (Phi) is 4.88. The largest absolute Gasteiger partial charge is 0.482 e. The molecule has 0 aliphatic carbocycles. The zero-order valence-corrected chi connectivity index (χ0v) is 11.7. The molecule has 2 aromatic rings. The van der Waals surface area contributed by atoms with E-state index in [9.17, 15) is 18.9 Å². The second kappa shape index (κ2) is 6.84. The molecule has 0 saturated heterocycles. The molecule has 7 heteroatoms.